The smallest absolute Gasteiger partial charge is 0.243 e. The molecule has 2 aliphatic heterocycles. The predicted molar refractivity (Wildman–Crippen MR) is 102 cm³/mol. The lowest BCUT2D eigenvalue weighted by atomic mass is 9.86. The van der Waals surface area contributed by atoms with E-state index in [2.05, 4.69) is 15.1 Å². The molecule has 1 aromatic carbocycles. The Morgan fingerprint density at radius 2 is 1.96 bits per heavy atom. The van der Waals surface area contributed by atoms with Crippen molar-refractivity contribution in [2.24, 2.45) is 11.8 Å². The van der Waals surface area contributed by atoms with Crippen molar-refractivity contribution in [2.45, 2.75) is 11.8 Å². The molecule has 2 N–H and O–H groups in total. The summed E-state index contributed by atoms with van der Waals surface area (Å²) >= 11 is 0. The van der Waals surface area contributed by atoms with Crippen LogP contribution in [0, 0.1) is 18.8 Å². The molecule has 0 spiro atoms. The Labute approximate surface area is 162 Å². The van der Waals surface area contributed by atoms with Crippen LogP contribution >= 0.6 is 0 Å². The molecule has 5 rings (SSSR count). The molecule has 2 aliphatic rings. The summed E-state index contributed by atoms with van der Waals surface area (Å²) in [6, 6.07) is 5.15. The molecule has 0 bridgehead atoms. The van der Waals surface area contributed by atoms with Gasteiger partial charge in [0.1, 0.15) is 6.33 Å². The Balaban J connectivity index is 1.50. The minimum Gasteiger partial charge on any atom is -0.381 e. The van der Waals surface area contributed by atoms with Gasteiger partial charge in [0.25, 0.3) is 0 Å². The molecular weight excluding hydrogens is 380 g/mol. The number of nitrogens with two attached hydrogens (primary N) is 1. The van der Waals surface area contributed by atoms with Gasteiger partial charge in [0.15, 0.2) is 11.5 Å². The largest absolute Gasteiger partial charge is 0.381 e. The summed E-state index contributed by atoms with van der Waals surface area (Å²) in [5, 5.41) is 4.21. The molecule has 0 atom stereocenters. The van der Waals surface area contributed by atoms with E-state index in [-0.39, 0.29) is 10.7 Å². The highest BCUT2D eigenvalue weighted by atomic mass is 32.2. The Morgan fingerprint density at radius 3 is 2.68 bits per heavy atom. The van der Waals surface area contributed by atoms with E-state index >= 15 is 0 Å². The predicted octanol–water partition coefficient (Wildman–Crippen LogP) is 0.949. The van der Waals surface area contributed by atoms with Crippen LogP contribution in [-0.4, -0.2) is 58.6 Å². The number of hydrogen-bond donors (Lipinski definition) is 1. The van der Waals surface area contributed by atoms with Gasteiger partial charge < -0.3 is 10.5 Å². The van der Waals surface area contributed by atoms with Gasteiger partial charge in [0.2, 0.25) is 10.0 Å². The Bertz CT molecular complexity index is 1170. The fourth-order valence-corrected chi connectivity index (χ4v) is 5.28. The average molecular weight is 400 g/mol. The van der Waals surface area contributed by atoms with Gasteiger partial charge in [-0.3, -0.25) is 0 Å². The topological polar surface area (TPSA) is 116 Å². The third-order valence-electron chi connectivity index (χ3n) is 5.66. The number of hydrogen-bond acceptors (Lipinski definition) is 7. The summed E-state index contributed by atoms with van der Waals surface area (Å²) in [5.74, 6) is 1.16. The molecular formula is C18H20N6O3S. The van der Waals surface area contributed by atoms with Crippen LogP contribution in [0.2, 0.25) is 0 Å². The van der Waals surface area contributed by atoms with Crippen LogP contribution in [0.4, 0.5) is 5.82 Å². The SMILES string of the molecule is Cc1ccc(S(=O)(=O)N2CC(C3COC3)C2)cc1-c1cnc2c(N)ncnn12. The van der Waals surface area contributed by atoms with E-state index < -0.39 is 10.0 Å². The van der Waals surface area contributed by atoms with Crippen molar-refractivity contribution < 1.29 is 13.2 Å². The van der Waals surface area contributed by atoms with Gasteiger partial charge in [-0.2, -0.15) is 9.40 Å². The van der Waals surface area contributed by atoms with Crippen LogP contribution in [0.15, 0.2) is 35.6 Å². The van der Waals surface area contributed by atoms with Crippen molar-refractivity contribution >= 4 is 21.5 Å². The first-order valence-electron chi connectivity index (χ1n) is 9.08. The average Bonchev–Trinajstić information content (AvgIpc) is 3.01. The van der Waals surface area contributed by atoms with Crippen molar-refractivity contribution in [3.63, 3.8) is 0 Å². The van der Waals surface area contributed by atoms with Crippen LogP contribution in [0.5, 0.6) is 0 Å². The number of ether oxygens (including phenoxy) is 1. The third kappa shape index (κ3) is 2.60. The molecule has 0 radical (unpaired) electrons. The molecule has 9 nitrogen and oxygen atoms in total. The molecule has 28 heavy (non-hydrogen) atoms. The fourth-order valence-electron chi connectivity index (χ4n) is 3.70. The third-order valence-corrected chi connectivity index (χ3v) is 7.49. The summed E-state index contributed by atoms with van der Waals surface area (Å²) in [7, 11) is -3.54. The van der Waals surface area contributed by atoms with E-state index in [1.165, 1.54) is 6.33 Å². The van der Waals surface area contributed by atoms with Crippen LogP contribution in [0.1, 0.15) is 5.56 Å². The Kier molecular flexibility index (Phi) is 3.90. The molecule has 146 valence electrons. The number of fused-ring (bicyclic) bond motifs is 1. The highest BCUT2D eigenvalue weighted by molar-refractivity contribution is 7.89. The highest BCUT2D eigenvalue weighted by Crippen LogP contribution is 2.34. The molecule has 0 aliphatic carbocycles. The molecule has 3 aromatic rings. The number of aromatic nitrogens is 4. The van der Waals surface area contributed by atoms with Crippen LogP contribution < -0.4 is 5.73 Å². The van der Waals surface area contributed by atoms with Gasteiger partial charge in [-0.25, -0.2) is 22.9 Å². The lowest BCUT2D eigenvalue weighted by Crippen LogP contribution is -2.56. The second-order valence-electron chi connectivity index (χ2n) is 7.38. The Morgan fingerprint density at radius 1 is 1.18 bits per heavy atom. The minimum absolute atomic E-state index is 0.272. The van der Waals surface area contributed by atoms with Gasteiger partial charge in [0.05, 0.1) is 30.0 Å². The number of anilines is 1. The van der Waals surface area contributed by atoms with E-state index in [1.807, 2.05) is 13.0 Å². The van der Waals surface area contributed by atoms with Crippen molar-refractivity contribution in [1.82, 2.24) is 23.9 Å². The number of sulfonamides is 1. The van der Waals surface area contributed by atoms with Gasteiger partial charge in [0, 0.05) is 24.6 Å². The number of nitrogens with zero attached hydrogens (tertiary/aromatic N) is 5. The van der Waals surface area contributed by atoms with Crippen LogP contribution in [-0.2, 0) is 14.8 Å². The summed E-state index contributed by atoms with van der Waals surface area (Å²) in [6.07, 6.45) is 2.99. The summed E-state index contributed by atoms with van der Waals surface area (Å²) < 4.78 is 34.5. The van der Waals surface area contributed by atoms with Gasteiger partial charge >= 0.3 is 0 Å². The maximum Gasteiger partial charge on any atom is 0.243 e. The summed E-state index contributed by atoms with van der Waals surface area (Å²) in [4.78, 5) is 8.49. The van der Waals surface area contributed by atoms with Crippen molar-refractivity contribution in [3.05, 3.63) is 36.3 Å². The van der Waals surface area contributed by atoms with Gasteiger partial charge in [-0.15, -0.1) is 0 Å². The second kappa shape index (κ2) is 6.23. The molecule has 2 saturated heterocycles. The zero-order valence-corrected chi connectivity index (χ0v) is 16.1. The monoisotopic (exact) mass is 400 g/mol. The molecule has 4 heterocycles. The number of benzene rings is 1. The first kappa shape index (κ1) is 17.5. The fraction of sp³-hybridized carbons (Fsp3) is 0.389. The normalized spacial score (nSPS) is 18.9. The first-order valence-corrected chi connectivity index (χ1v) is 10.5. The van der Waals surface area contributed by atoms with Crippen LogP contribution in [0.3, 0.4) is 0 Å². The van der Waals surface area contributed by atoms with E-state index in [9.17, 15) is 8.42 Å². The second-order valence-corrected chi connectivity index (χ2v) is 9.32. The number of aryl methyl sites for hydroxylation is 1. The zero-order chi connectivity index (χ0) is 19.5. The molecule has 0 amide bonds. The number of imidazole rings is 1. The number of rotatable bonds is 4. The first-order chi connectivity index (χ1) is 13.4. The van der Waals surface area contributed by atoms with Crippen molar-refractivity contribution in [2.75, 3.05) is 32.0 Å². The molecule has 0 saturated carbocycles. The van der Waals surface area contributed by atoms with E-state index in [0.717, 1.165) is 24.3 Å². The molecule has 0 unspecified atom stereocenters. The van der Waals surface area contributed by atoms with E-state index in [1.54, 1.807) is 27.2 Å². The standard InChI is InChI=1S/C18H20N6O3S/c1-11-2-3-14(28(25,26)23-6-12(7-23)13-8-27-9-13)4-15(11)16-5-20-18-17(19)21-10-22-24(16)18/h2-5,10,12-13H,6-9H2,1H3,(H2,19,21,22). The van der Waals surface area contributed by atoms with E-state index in [0.29, 0.717) is 36.3 Å². The molecule has 10 heteroatoms. The van der Waals surface area contributed by atoms with Crippen LogP contribution in [0.25, 0.3) is 16.9 Å². The maximum absolute atomic E-state index is 13.1. The van der Waals surface area contributed by atoms with Gasteiger partial charge in [-0.1, -0.05) is 6.07 Å². The summed E-state index contributed by atoms with van der Waals surface area (Å²) in [6.45, 7) is 4.52. The molecule has 2 aromatic heterocycles. The highest BCUT2D eigenvalue weighted by Gasteiger charge is 2.42. The number of nitrogen functional groups attached to an aromatic ring is 1. The quantitative estimate of drug-likeness (QED) is 0.693. The van der Waals surface area contributed by atoms with Crippen molar-refractivity contribution in [1.29, 1.82) is 0 Å². The Hall–Kier alpha value is -2.56. The summed E-state index contributed by atoms with van der Waals surface area (Å²) in [5.41, 5.74) is 8.64. The molecule has 2 fully saturated rings. The minimum atomic E-state index is -3.54. The maximum atomic E-state index is 13.1. The van der Waals surface area contributed by atoms with Gasteiger partial charge in [-0.05, 0) is 30.5 Å². The van der Waals surface area contributed by atoms with Crippen molar-refractivity contribution in [3.8, 4) is 11.3 Å². The van der Waals surface area contributed by atoms with E-state index in [4.69, 9.17) is 10.5 Å². The lowest BCUT2D eigenvalue weighted by molar-refractivity contribution is -0.0840. The lowest BCUT2D eigenvalue weighted by Gasteiger charge is -2.45. The zero-order valence-electron chi connectivity index (χ0n) is 15.3.